The van der Waals surface area contributed by atoms with Gasteiger partial charge in [-0.05, 0) is 46.2 Å². The highest BCUT2D eigenvalue weighted by Crippen LogP contribution is 2.51. The molecule has 0 bridgehead atoms. The summed E-state index contributed by atoms with van der Waals surface area (Å²) in [6.45, 7) is 9.68. The minimum absolute atomic E-state index is 0.373. The summed E-state index contributed by atoms with van der Waals surface area (Å²) in [7, 11) is 0. The molecule has 0 amide bonds. The number of hydrogen-bond acceptors (Lipinski definition) is 4. The maximum absolute atomic E-state index is 11.1. The SMILES string of the molecule is Cc1cnc(N)c(C2(O)CC(C)(C)OC2(C)C)c1. The van der Waals surface area contributed by atoms with Crippen LogP contribution >= 0.6 is 0 Å². The van der Waals surface area contributed by atoms with E-state index in [0.717, 1.165) is 5.56 Å². The van der Waals surface area contributed by atoms with E-state index in [1.165, 1.54) is 0 Å². The predicted octanol–water partition coefficient (Wildman–Crippen LogP) is 2.14. The Morgan fingerprint density at radius 1 is 1.33 bits per heavy atom. The summed E-state index contributed by atoms with van der Waals surface area (Å²) in [5.41, 5.74) is 5.40. The molecule has 1 unspecified atom stereocenters. The second-order valence-corrected chi connectivity index (χ2v) is 6.35. The molecule has 0 spiro atoms. The molecule has 1 aromatic heterocycles. The van der Waals surface area contributed by atoms with Crippen LogP contribution in [0.2, 0.25) is 0 Å². The molecule has 0 aliphatic carbocycles. The first-order valence-corrected chi connectivity index (χ1v) is 6.23. The van der Waals surface area contributed by atoms with Gasteiger partial charge in [-0.2, -0.15) is 0 Å². The highest BCUT2D eigenvalue weighted by Gasteiger charge is 2.58. The Kier molecular flexibility index (Phi) is 2.72. The Morgan fingerprint density at radius 3 is 2.44 bits per heavy atom. The fraction of sp³-hybridized carbons (Fsp3) is 0.643. The van der Waals surface area contributed by atoms with E-state index < -0.39 is 11.2 Å². The summed E-state index contributed by atoms with van der Waals surface area (Å²) in [4.78, 5) is 4.14. The van der Waals surface area contributed by atoms with Gasteiger partial charge in [-0.25, -0.2) is 4.98 Å². The normalized spacial score (nSPS) is 29.4. The largest absolute Gasteiger partial charge is 0.383 e. The van der Waals surface area contributed by atoms with Gasteiger partial charge < -0.3 is 15.6 Å². The molecular formula is C14H22N2O2. The summed E-state index contributed by atoms with van der Waals surface area (Å²) < 4.78 is 5.97. The maximum Gasteiger partial charge on any atom is 0.129 e. The number of nitrogens with two attached hydrogens (primary N) is 1. The van der Waals surface area contributed by atoms with Crippen molar-refractivity contribution in [2.45, 2.75) is 57.8 Å². The number of aromatic nitrogens is 1. The molecule has 1 saturated heterocycles. The van der Waals surface area contributed by atoms with Crippen LogP contribution in [0.25, 0.3) is 0 Å². The lowest BCUT2D eigenvalue weighted by Crippen LogP contribution is -2.44. The Bertz CT molecular complexity index is 483. The second-order valence-electron chi connectivity index (χ2n) is 6.35. The Labute approximate surface area is 108 Å². The van der Waals surface area contributed by atoms with Crippen LogP contribution in [0.4, 0.5) is 5.82 Å². The van der Waals surface area contributed by atoms with Crippen molar-refractivity contribution in [3.8, 4) is 0 Å². The molecule has 0 aromatic carbocycles. The monoisotopic (exact) mass is 250 g/mol. The second kappa shape index (κ2) is 3.68. The first-order valence-electron chi connectivity index (χ1n) is 6.23. The predicted molar refractivity (Wildman–Crippen MR) is 71.1 cm³/mol. The number of hydrogen-bond donors (Lipinski definition) is 2. The Hall–Kier alpha value is -1.13. The molecule has 1 aliphatic heterocycles. The third kappa shape index (κ3) is 1.89. The Morgan fingerprint density at radius 2 is 1.94 bits per heavy atom. The van der Waals surface area contributed by atoms with Crippen LogP contribution in [0, 0.1) is 6.92 Å². The average molecular weight is 250 g/mol. The third-order valence-electron chi connectivity index (χ3n) is 3.71. The number of nitrogen functional groups attached to an aromatic ring is 1. The topological polar surface area (TPSA) is 68.4 Å². The highest BCUT2D eigenvalue weighted by molar-refractivity contribution is 5.47. The molecule has 1 aliphatic rings. The molecule has 0 saturated carbocycles. The molecule has 3 N–H and O–H groups in total. The van der Waals surface area contributed by atoms with Gasteiger partial charge in [0.05, 0.1) is 11.2 Å². The summed E-state index contributed by atoms with van der Waals surface area (Å²) in [5.74, 6) is 0.373. The number of aryl methyl sites for hydroxylation is 1. The summed E-state index contributed by atoms with van der Waals surface area (Å²) >= 11 is 0. The van der Waals surface area contributed by atoms with Crippen LogP contribution in [-0.4, -0.2) is 21.3 Å². The lowest BCUT2D eigenvalue weighted by Gasteiger charge is -2.35. The number of nitrogens with zero attached hydrogens (tertiary/aromatic N) is 1. The van der Waals surface area contributed by atoms with Gasteiger partial charge in [0, 0.05) is 18.2 Å². The van der Waals surface area contributed by atoms with Gasteiger partial charge in [-0.15, -0.1) is 0 Å². The molecular weight excluding hydrogens is 228 g/mol. The van der Waals surface area contributed by atoms with Gasteiger partial charge >= 0.3 is 0 Å². The zero-order valence-corrected chi connectivity index (χ0v) is 11.7. The smallest absolute Gasteiger partial charge is 0.129 e. The van der Waals surface area contributed by atoms with Crippen molar-refractivity contribution >= 4 is 5.82 Å². The van der Waals surface area contributed by atoms with Gasteiger partial charge in [0.1, 0.15) is 11.4 Å². The van der Waals surface area contributed by atoms with Crippen molar-refractivity contribution in [3.05, 3.63) is 23.4 Å². The van der Waals surface area contributed by atoms with Crippen molar-refractivity contribution in [3.63, 3.8) is 0 Å². The van der Waals surface area contributed by atoms with Gasteiger partial charge in [0.2, 0.25) is 0 Å². The van der Waals surface area contributed by atoms with E-state index >= 15 is 0 Å². The molecule has 18 heavy (non-hydrogen) atoms. The van der Waals surface area contributed by atoms with Crippen molar-refractivity contribution in [1.82, 2.24) is 4.98 Å². The third-order valence-corrected chi connectivity index (χ3v) is 3.71. The van der Waals surface area contributed by atoms with E-state index in [9.17, 15) is 5.11 Å². The number of ether oxygens (including phenoxy) is 1. The maximum atomic E-state index is 11.1. The number of aliphatic hydroxyl groups is 1. The number of rotatable bonds is 1. The minimum atomic E-state index is -1.11. The molecule has 1 atom stereocenters. The fourth-order valence-corrected chi connectivity index (χ4v) is 2.97. The summed E-state index contributed by atoms with van der Waals surface area (Å²) in [5, 5.41) is 11.1. The van der Waals surface area contributed by atoms with Crippen LogP contribution < -0.4 is 5.73 Å². The summed E-state index contributed by atoms with van der Waals surface area (Å²) in [6, 6.07) is 1.90. The van der Waals surface area contributed by atoms with E-state index in [-0.39, 0.29) is 5.60 Å². The zero-order valence-electron chi connectivity index (χ0n) is 11.7. The van der Waals surface area contributed by atoms with Crippen LogP contribution in [0.3, 0.4) is 0 Å². The van der Waals surface area contributed by atoms with E-state index in [1.54, 1.807) is 6.20 Å². The van der Waals surface area contributed by atoms with Gasteiger partial charge in [0.15, 0.2) is 0 Å². The van der Waals surface area contributed by atoms with Crippen molar-refractivity contribution in [2.24, 2.45) is 0 Å². The van der Waals surface area contributed by atoms with Crippen molar-refractivity contribution < 1.29 is 9.84 Å². The van der Waals surface area contributed by atoms with Crippen molar-refractivity contribution in [2.75, 3.05) is 5.73 Å². The zero-order chi connectivity index (χ0) is 13.8. The van der Waals surface area contributed by atoms with Gasteiger partial charge in [-0.3, -0.25) is 0 Å². The number of pyridine rings is 1. The van der Waals surface area contributed by atoms with Crippen molar-refractivity contribution in [1.29, 1.82) is 0 Å². The summed E-state index contributed by atoms with van der Waals surface area (Å²) in [6.07, 6.45) is 2.21. The average Bonchev–Trinajstić information content (AvgIpc) is 2.35. The highest BCUT2D eigenvalue weighted by atomic mass is 16.5. The molecule has 2 heterocycles. The molecule has 2 rings (SSSR count). The van der Waals surface area contributed by atoms with E-state index in [1.807, 2.05) is 40.7 Å². The first kappa shape index (κ1) is 13.3. The van der Waals surface area contributed by atoms with Crippen LogP contribution in [0.1, 0.15) is 45.2 Å². The lowest BCUT2D eigenvalue weighted by molar-refractivity contribution is -0.129. The molecule has 4 nitrogen and oxygen atoms in total. The lowest BCUT2D eigenvalue weighted by atomic mass is 9.77. The van der Waals surface area contributed by atoms with Crippen LogP contribution in [0.15, 0.2) is 12.3 Å². The Balaban J connectivity index is 2.58. The fourth-order valence-electron chi connectivity index (χ4n) is 2.97. The first-order chi connectivity index (χ1) is 8.07. The van der Waals surface area contributed by atoms with E-state index in [0.29, 0.717) is 17.8 Å². The van der Waals surface area contributed by atoms with E-state index in [4.69, 9.17) is 10.5 Å². The molecule has 0 radical (unpaired) electrons. The van der Waals surface area contributed by atoms with Crippen LogP contribution in [0.5, 0.6) is 0 Å². The van der Waals surface area contributed by atoms with E-state index in [2.05, 4.69) is 4.98 Å². The standard InChI is InChI=1S/C14H22N2O2/c1-9-6-10(11(15)16-7-9)14(17)8-12(2,3)18-13(14,4)5/h6-7,17H,8H2,1-5H3,(H2,15,16). The van der Waals surface area contributed by atoms with Gasteiger partial charge in [0.25, 0.3) is 0 Å². The quantitative estimate of drug-likeness (QED) is 0.801. The minimum Gasteiger partial charge on any atom is -0.383 e. The number of anilines is 1. The molecule has 100 valence electrons. The van der Waals surface area contributed by atoms with Gasteiger partial charge in [-0.1, -0.05) is 0 Å². The molecule has 4 heteroatoms. The van der Waals surface area contributed by atoms with Crippen LogP contribution in [-0.2, 0) is 10.3 Å². The molecule has 1 fully saturated rings. The molecule has 1 aromatic rings.